The summed E-state index contributed by atoms with van der Waals surface area (Å²) in [6.45, 7) is 4.25. The number of aryl methyl sites for hydroxylation is 3. The van der Waals surface area contributed by atoms with E-state index in [0.29, 0.717) is 0 Å². The second-order valence-corrected chi connectivity index (χ2v) is 5.77. The Balaban J connectivity index is 1.97. The van der Waals surface area contributed by atoms with Gasteiger partial charge in [0.15, 0.2) is 0 Å². The van der Waals surface area contributed by atoms with Crippen molar-refractivity contribution in [2.75, 3.05) is 0 Å². The summed E-state index contributed by atoms with van der Waals surface area (Å²) in [5.41, 5.74) is 12.4. The number of hydrogen-bond acceptors (Lipinski definition) is 2. The molecule has 2 aromatic carbocycles. The molecule has 1 atom stereocenters. The topological polar surface area (TPSA) is 43.8 Å². The van der Waals surface area contributed by atoms with Crippen molar-refractivity contribution < 1.29 is 0 Å². The summed E-state index contributed by atoms with van der Waals surface area (Å²) in [5, 5.41) is 5.78. The van der Waals surface area contributed by atoms with E-state index in [4.69, 9.17) is 5.73 Å². The molecule has 3 nitrogen and oxygen atoms in total. The summed E-state index contributed by atoms with van der Waals surface area (Å²) in [6, 6.07) is 14.7. The number of benzene rings is 2. The fourth-order valence-electron chi connectivity index (χ4n) is 2.87. The second-order valence-electron chi connectivity index (χ2n) is 5.77. The molecular weight excluding hydrogens is 258 g/mol. The molecule has 1 aromatic heterocycles. The molecule has 1 heterocycles. The molecule has 0 saturated carbocycles. The van der Waals surface area contributed by atoms with E-state index in [-0.39, 0.29) is 6.04 Å². The molecule has 3 aromatic rings. The molecule has 0 bridgehead atoms. The van der Waals surface area contributed by atoms with E-state index in [1.165, 1.54) is 16.7 Å². The number of hydrogen-bond donors (Lipinski definition) is 1. The zero-order chi connectivity index (χ0) is 15.0. The first kappa shape index (κ1) is 13.8. The summed E-state index contributed by atoms with van der Waals surface area (Å²) in [7, 11) is 1.97. The van der Waals surface area contributed by atoms with E-state index in [1.54, 1.807) is 0 Å². The minimum Gasteiger partial charge on any atom is -0.322 e. The Bertz CT molecular complexity index is 786. The molecule has 0 spiro atoms. The Labute approximate surface area is 125 Å². The minimum absolute atomic E-state index is 0.0865. The lowest BCUT2D eigenvalue weighted by Gasteiger charge is -2.12. The third-order valence-electron chi connectivity index (χ3n) is 4.08. The zero-order valence-electron chi connectivity index (χ0n) is 12.8. The van der Waals surface area contributed by atoms with Crippen molar-refractivity contribution in [2.24, 2.45) is 12.8 Å². The fourth-order valence-corrected chi connectivity index (χ4v) is 2.87. The summed E-state index contributed by atoms with van der Waals surface area (Å²) in [5.74, 6) is 0. The average Bonchev–Trinajstić information content (AvgIpc) is 2.81. The Morgan fingerprint density at radius 2 is 1.90 bits per heavy atom. The van der Waals surface area contributed by atoms with E-state index in [2.05, 4.69) is 49.3 Å². The van der Waals surface area contributed by atoms with Gasteiger partial charge in [-0.15, -0.1) is 0 Å². The van der Waals surface area contributed by atoms with Crippen LogP contribution >= 0.6 is 0 Å². The Morgan fingerprint density at radius 1 is 1.14 bits per heavy atom. The number of para-hydroxylation sites is 1. The van der Waals surface area contributed by atoms with Gasteiger partial charge in [-0.2, -0.15) is 5.10 Å². The van der Waals surface area contributed by atoms with Crippen molar-refractivity contribution >= 4 is 10.9 Å². The summed E-state index contributed by atoms with van der Waals surface area (Å²) in [6.07, 6.45) is 0.814. The largest absolute Gasteiger partial charge is 0.322 e. The molecule has 0 amide bonds. The maximum absolute atomic E-state index is 6.45. The Morgan fingerprint density at radius 3 is 2.71 bits per heavy atom. The van der Waals surface area contributed by atoms with Gasteiger partial charge in [0.1, 0.15) is 0 Å². The van der Waals surface area contributed by atoms with Gasteiger partial charge >= 0.3 is 0 Å². The maximum Gasteiger partial charge on any atom is 0.0873 e. The van der Waals surface area contributed by atoms with Gasteiger partial charge < -0.3 is 5.73 Å². The lowest BCUT2D eigenvalue weighted by Crippen LogP contribution is -2.15. The molecule has 108 valence electrons. The van der Waals surface area contributed by atoms with E-state index in [9.17, 15) is 0 Å². The van der Waals surface area contributed by atoms with Crippen molar-refractivity contribution in [3.05, 3.63) is 64.8 Å². The highest BCUT2D eigenvalue weighted by molar-refractivity contribution is 5.82. The first-order valence-electron chi connectivity index (χ1n) is 7.29. The van der Waals surface area contributed by atoms with Gasteiger partial charge in [0.2, 0.25) is 0 Å². The normalized spacial score (nSPS) is 12.8. The van der Waals surface area contributed by atoms with Gasteiger partial charge in [0.25, 0.3) is 0 Å². The van der Waals surface area contributed by atoms with Crippen LogP contribution in [-0.4, -0.2) is 9.78 Å². The van der Waals surface area contributed by atoms with Crippen LogP contribution in [0.2, 0.25) is 0 Å². The molecule has 3 heteroatoms. The molecular formula is C18H21N3. The monoisotopic (exact) mass is 279 g/mol. The van der Waals surface area contributed by atoms with E-state index < -0.39 is 0 Å². The molecule has 0 saturated heterocycles. The third kappa shape index (κ3) is 2.57. The van der Waals surface area contributed by atoms with Gasteiger partial charge in [0, 0.05) is 12.4 Å². The number of nitrogens with zero attached hydrogens (tertiary/aromatic N) is 2. The van der Waals surface area contributed by atoms with Crippen LogP contribution in [0.25, 0.3) is 10.9 Å². The van der Waals surface area contributed by atoms with Crippen LogP contribution in [0.15, 0.2) is 42.5 Å². The van der Waals surface area contributed by atoms with Crippen LogP contribution in [0.5, 0.6) is 0 Å². The predicted molar refractivity (Wildman–Crippen MR) is 87.3 cm³/mol. The number of nitrogens with two attached hydrogens (primary N) is 1. The molecule has 0 aliphatic carbocycles. The molecule has 0 aliphatic rings. The molecule has 0 radical (unpaired) electrons. The number of fused-ring (bicyclic) bond motifs is 1. The average molecular weight is 279 g/mol. The highest BCUT2D eigenvalue weighted by atomic mass is 15.3. The predicted octanol–water partition coefficient (Wildman–Crippen LogP) is 3.43. The Hall–Kier alpha value is -2.13. The summed E-state index contributed by atoms with van der Waals surface area (Å²) < 4.78 is 1.91. The molecule has 1 unspecified atom stereocenters. The fraction of sp³-hybridized carbons (Fsp3) is 0.278. The highest BCUT2D eigenvalue weighted by Crippen LogP contribution is 2.25. The standard InChI is InChI=1S/C18H21N3/c1-12-8-9-13(2)14(10-12)11-16(19)18-15-6-4-5-7-17(15)21(3)20-18/h4-10,16H,11,19H2,1-3H3. The maximum atomic E-state index is 6.45. The van der Waals surface area contributed by atoms with Crippen LogP contribution < -0.4 is 5.73 Å². The van der Waals surface area contributed by atoms with Crippen molar-refractivity contribution in [3.63, 3.8) is 0 Å². The van der Waals surface area contributed by atoms with E-state index in [0.717, 1.165) is 23.0 Å². The molecule has 21 heavy (non-hydrogen) atoms. The van der Waals surface area contributed by atoms with E-state index >= 15 is 0 Å². The van der Waals surface area contributed by atoms with Gasteiger partial charge in [-0.25, -0.2) is 0 Å². The molecule has 0 aliphatic heterocycles. The van der Waals surface area contributed by atoms with Crippen molar-refractivity contribution in [1.29, 1.82) is 0 Å². The molecule has 2 N–H and O–H groups in total. The zero-order valence-corrected chi connectivity index (χ0v) is 12.8. The first-order valence-corrected chi connectivity index (χ1v) is 7.29. The lowest BCUT2D eigenvalue weighted by atomic mass is 9.97. The number of rotatable bonds is 3. The minimum atomic E-state index is -0.0865. The van der Waals surface area contributed by atoms with Gasteiger partial charge in [0.05, 0.1) is 17.3 Å². The SMILES string of the molecule is Cc1ccc(C)c(CC(N)c2nn(C)c3ccccc23)c1. The van der Waals surface area contributed by atoms with Crippen LogP contribution in [0.4, 0.5) is 0 Å². The molecule has 3 rings (SSSR count). The smallest absolute Gasteiger partial charge is 0.0873 e. The highest BCUT2D eigenvalue weighted by Gasteiger charge is 2.16. The Kier molecular flexibility index (Phi) is 3.52. The lowest BCUT2D eigenvalue weighted by molar-refractivity contribution is 0.663. The third-order valence-corrected chi connectivity index (χ3v) is 4.08. The van der Waals surface area contributed by atoms with Crippen LogP contribution in [-0.2, 0) is 13.5 Å². The van der Waals surface area contributed by atoms with Crippen LogP contribution in [0.1, 0.15) is 28.4 Å². The van der Waals surface area contributed by atoms with E-state index in [1.807, 2.05) is 23.9 Å². The van der Waals surface area contributed by atoms with Gasteiger partial charge in [-0.05, 0) is 37.5 Å². The van der Waals surface area contributed by atoms with Gasteiger partial charge in [-0.1, -0.05) is 42.0 Å². The quantitative estimate of drug-likeness (QED) is 0.798. The molecule has 0 fully saturated rings. The van der Waals surface area contributed by atoms with Gasteiger partial charge in [-0.3, -0.25) is 4.68 Å². The summed E-state index contributed by atoms with van der Waals surface area (Å²) in [4.78, 5) is 0. The number of aromatic nitrogens is 2. The first-order chi connectivity index (χ1) is 10.1. The van der Waals surface area contributed by atoms with Crippen molar-refractivity contribution in [1.82, 2.24) is 9.78 Å². The van der Waals surface area contributed by atoms with Crippen LogP contribution in [0.3, 0.4) is 0 Å². The van der Waals surface area contributed by atoms with Crippen LogP contribution in [0, 0.1) is 13.8 Å². The van der Waals surface area contributed by atoms with Crippen molar-refractivity contribution in [2.45, 2.75) is 26.3 Å². The van der Waals surface area contributed by atoms with Crippen molar-refractivity contribution in [3.8, 4) is 0 Å². The summed E-state index contributed by atoms with van der Waals surface area (Å²) >= 11 is 0. The second kappa shape index (κ2) is 5.34.